The largest absolute Gasteiger partial charge is 0.478 e. The van der Waals surface area contributed by atoms with Gasteiger partial charge in [0.15, 0.2) is 0 Å². The zero-order valence-corrected chi connectivity index (χ0v) is 12.5. The summed E-state index contributed by atoms with van der Waals surface area (Å²) in [6.07, 6.45) is 1.54. The Morgan fingerprint density at radius 3 is 2.12 bits per heavy atom. The maximum Gasteiger partial charge on any atom is 0.335 e. The van der Waals surface area contributed by atoms with Gasteiger partial charge in [0.25, 0.3) is 0 Å². The summed E-state index contributed by atoms with van der Waals surface area (Å²) < 4.78 is 0. The summed E-state index contributed by atoms with van der Waals surface area (Å²) in [4.78, 5) is 21.0. The first-order valence-electron chi connectivity index (χ1n) is 6.83. The fourth-order valence-electron chi connectivity index (χ4n) is 1.93. The number of aromatic carboxylic acids is 2. The molecular weight excluding hydrogens is 312 g/mol. The molecule has 0 aliphatic carbocycles. The van der Waals surface area contributed by atoms with E-state index in [0.29, 0.717) is 17.1 Å². The van der Waals surface area contributed by atoms with E-state index in [0.717, 1.165) is 5.69 Å². The van der Waals surface area contributed by atoms with Crippen molar-refractivity contribution in [3.05, 3.63) is 71.7 Å². The lowest BCUT2D eigenvalue weighted by atomic mass is 10.1. The van der Waals surface area contributed by atoms with Gasteiger partial charge in [0.05, 0.1) is 22.5 Å². The van der Waals surface area contributed by atoms with Crippen LogP contribution in [0.5, 0.6) is 0 Å². The number of hydrogen-bond acceptors (Lipinski definition) is 6. The van der Waals surface area contributed by atoms with Gasteiger partial charge in [-0.15, -0.1) is 0 Å². The van der Waals surface area contributed by atoms with Gasteiger partial charge in [0, 0.05) is 6.20 Å². The lowest BCUT2D eigenvalue weighted by Crippen LogP contribution is -2.37. The molecule has 7 N–H and O–H groups in total. The molecule has 124 valence electrons. The molecule has 8 nitrogen and oxygen atoms in total. The zero-order chi connectivity index (χ0) is 17.7. The van der Waals surface area contributed by atoms with Crippen LogP contribution < -0.4 is 21.9 Å². The van der Waals surface area contributed by atoms with Crippen molar-refractivity contribution >= 4 is 23.3 Å². The van der Waals surface area contributed by atoms with Crippen LogP contribution in [0.3, 0.4) is 0 Å². The summed E-state index contributed by atoms with van der Waals surface area (Å²) in [7, 11) is 0. The van der Waals surface area contributed by atoms with Gasteiger partial charge in [-0.1, -0.05) is 18.2 Å². The van der Waals surface area contributed by atoms with E-state index in [1.54, 1.807) is 42.6 Å². The van der Waals surface area contributed by atoms with E-state index in [-0.39, 0.29) is 5.56 Å². The van der Waals surface area contributed by atoms with Crippen molar-refractivity contribution in [1.29, 1.82) is 0 Å². The molecule has 0 radical (unpaired) electrons. The number of fused-ring (bicyclic) bond motifs is 1. The molecule has 2 aromatic rings. The predicted molar refractivity (Wildman–Crippen MR) is 89.4 cm³/mol. The Hall–Kier alpha value is -3.52. The number of carboxylic acids is 2. The van der Waals surface area contributed by atoms with Crippen LogP contribution in [0.25, 0.3) is 0 Å². The minimum Gasteiger partial charge on any atom is -0.478 e. The maximum absolute atomic E-state index is 10.7. The zero-order valence-electron chi connectivity index (χ0n) is 12.5. The molecule has 0 saturated heterocycles. The van der Waals surface area contributed by atoms with Crippen LogP contribution in [-0.4, -0.2) is 22.2 Å². The molecule has 2 aromatic carbocycles. The second-order valence-electron chi connectivity index (χ2n) is 4.79. The van der Waals surface area contributed by atoms with Crippen molar-refractivity contribution < 1.29 is 19.8 Å². The molecule has 1 aliphatic heterocycles. The van der Waals surface area contributed by atoms with E-state index in [4.69, 9.17) is 21.8 Å². The Balaban J connectivity index is 0.000000198. The molecule has 0 fully saturated rings. The molecule has 0 unspecified atom stereocenters. The third-order valence-electron chi connectivity index (χ3n) is 3.18. The van der Waals surface area contributed by atoms with E-state index >= 15 is 0 Å². The van der Waals surface area contributed by atoms with E-state index in [1.807, 2.05) is 0 Å². The molecule has 0 amide bonds. The van der Waals surface area contributed by atoms with Crippen molar-refractivity contribution in [2.24, 2.45) is 11.6 Å². The minimum atomic E-state index is -1.00. The van der Waals surface area contributed by atoms with Crippen molar-refractivity contribution in [3.8, 4) is 0 Å². The Morgan fingerprint density at radius 1 is 0.958 bits per heavy atom. The number of carbonyl (C=O) groups is 2. The topological polar surface area (TPSA) is 142 Å². The highest BCUT2D eigenvalue weighted by atomic mass is 16.4. The van der Waals surface area contributed by atoms with Crippen molar-refractivity contribution in [1.82, 2.24) is 0 Å². The number of nitrogens with one attached hydrogen (secondary N) is 1. The average molecular weight is 328 g/mol. The standard InChI is InChI=1S/C9H10N4O2.C7H6O2/c10-8-4-12-6-2-1-5(9(14)15)3-7(6)13(8)11;8-7(9)6-4-2-1-3-5-6/h1-4,12H,10-11H2,(H,14,15);1-5H,(H,8,9). The Bertz CT molecular complexity index is 790. The minimum absolute atomic E-state index is 0.167. The SMILES string of the molecule is NC1=CNc2ccc(C(=O)O)cc2N1N.O=C(O)c1ccccc1. The summed E-state index contributed by atoms with van der Waals surface area (Å²) >= 11 is 0. The molecule has 0 saturated carbocycles. The quantitative estimate of drug-likeness (QED) is 0.524. The lowest BCUT2D eigenvalue weighted by molar-refractivity contribution is 0.0686. The number of hydrazine groups is 1. The summed E-state index contributed by atoms with van der Waals surface area (Å²) in [6, 6.07) is 12.9. The van der Waals surface area contributed by atoms with Gasteiger partial charge in [-0.25, -0.2) is 15.4 Å². The van der Waals surface area contributed by atoms with Crippen LogP contribution in [0.15, 0.2) is 60.6 Å². The molecule has 0 spiro atoms. The van der Waals surface area contributed by atoms with Crippen LogP contribution in [0, 0.1) is 0 Å². The number of rotatable bonds is 2. The molecule has 0 bridgehead atoms. The van der Waals surface area contributed by atoms with Crippen molar-refractivity contribution in [3.63, 3.8) is 0 Å². The highest BCUT2D eigenvalue weighted by molar-refractivity contribution is 5.91. The number of benzene rings is 2. The first-order chi connectivity index (χ1) is 11.4. The highest BCUT2D eigenvalue weighted by Gasteiger charge is 2.16. The van der Waals surface area contributed by atoms with Crippen LogP contribution in [0.2, 0.25) is 0 Å². The van der Waals surface area contributed by atoms with Gasteiger partial charge in [-0.3, -0.25) is 5.01 Å². The third kappa shape index (κ3) is 3.81. The first kappa shape index (κ1) is 16.8. The Labute approximate surface area is 137 Å². The molecule has 0 aromatic heterocycles. The van der Waals surface area contributed by atoms with E-state index in [1.165, 1.54) is 17.1 Å². The Morgan fingerprint density at radius 2 is 1.58 bits per heavy atom. The summed E-state index contributed by atoms with van der Waals surface area (Å²) in [6.45, 7) is 0. The molecule has 1 heterocycles. The molecular formula is C16H16N4O4. The van der Waals surface area contributed by atoms with Gasteiger partial charge in [0.1, 0.15) is 5.82 Å². The van der Waals surface area contributed by atoms with Gasteiger partial charge < -0.3 is 21.3 Å². The second-order valence-corrected chi connectivity index (χ2v) is 4.79. The molecule has 3 rings (SSSR count). The molecule has 24 heavy (non-hydrogen) atoms. The molecule has 8 heteroatoms. The van der Waals surface area contributed by atoms with Gasteiger partial charge in [-0.2, -0.15) is 0 Å². The van der Waals surface area contributed by atoms with Gasteiger partial charge in [-0.05, 0) is 30.3 Å². The second kappa shape index (κ2) is 7.16. The van der Waals surface area contributed by atoms with E-state index in [9.17, 15) is 9.59 Å². The maximum atomic E-state index is 10.7. The van der Waals surface area contributed by atoms with E-state index < -0.39 is 11.9 Å². The lowest BCUT2D eigenvalue weighted by Gasteiger charge is -2.26. The van der Waals surface area contributed by atoms with Crippen LogP contribution in [-0.2, 0) is 0 Å². The normalized spacial score (nSPS) is 12.0. The number of hydrogen-bond donors (Lipinski definition) is 5. The predicted octanol–water partition coefficient (Wildman–Crippen LogP) is 1.63. The van der Waals surface area contributed by atoms with Crippen LogP contribution >= 0.6 is 0 Å². The average Bonchev–Trinajstić information content (AvgIpc) is 2.59. The highest BCUT2D eigenvalue weighted by Crippen LogP contribution is 2.29. The van der Waals surface area contributed by atoms with Crippen molar-refractivity contribution in [2.75, 3.05) is 10.3 Å². The summed E-state index contributed by atoms with van der Waals surface area (Å²) in [5, 5.41) is 21.3. The summed E-state index contributed by atoms with van der Waals surface area (Å²) in [5.41, 5.74) is 7.33. The smallest absolute Gasteiger partial charge is 0.335 e. The van der Waals surface area contributed by atoms with Crippen molar-refractivity contribution in [2.45, 2.75) is 0 Å². The number of nitrogens with zero attached hydrogens (tertiary/aromatic N) is 1. The Kier molecular flexibility index (Phi) is 5.03. The summed E-state index contributed by atoms with van der Waals surface area (Å²) in [5.74, 6) is 4.11. The monoisotopic (exact) mass is 328 g/mol. The fraction of sp³-hybridized carbons (Fsp3) is 0. The van der Waals surface area contributed by atoms with Gasteiger partial charge in [0.2, 0.25) is 0 Å². The van der Waals surface area contributed by atoms with E-state index in [2.05, 4.69) is 5.32 Å². The van der Waals surface area contributed by atoms with Crippen LogP contribution in [0.1, 0.15) is 20.7 Å². The third-order valence-corrected chi connectivity index (χ3v) is 3.18. The van der Waals surface area contributed by atoms with Crippen LogP contribution in [0.4, 0.5) is 11.4 Å². The first-order valence-corrected chi connectivity index (χ1v) is 6.83. The molecule has 0 atom stereocenters. The number of anilines is 2. The fourth-order valence-corrected chi connectivity index (χ4v) is 1.93. The number of carboxylic acid groups (broad SMARTS) is 2. The van der Waals surface area contributed by atoms with Gasteiger partial charge >= 0.3 is 11.9 Å². The molecule has 1 aliphatic rings. The number of nitrogens with two attached hydrogens (primary N) is 2.